The van der Waals surface area contributed by atoms with Crippen molar-refractivity contribution < 1.29 is 18.9 Å². The molecule has 216 valence electrons. The predicted molar refractivity (Wildman–Crippen MR) is 163 cm³/mol. The monoisotopic (exact) mass is 564 g/mol. The van der Waals surface area contributed by atoms with Gasteiger partial charge in [0.15, 0.2) is 0 Å². The van der Waals surface area contributed by atoms with E-state index in [-0.39, 0.29) is 0 Å². The van der Waals surface area contributed by atoms with Crippen LogP contribution in [0.25, 0.3) is 5.69 Å². The molecule has 0 aliphatic rings. The van der Waals surface area contributed by atoms with Gasteiger partial charge >= 0.3 is 0 Å². The quantitative estimate of drug-likeness (QED) is 0.134. The van der Waals surface area contributed by atoms with Gasteiger partial charge in [0.1, 0.15) is 12.4 Å². The van der Waals surface area contributed by atoms with Gasteiger partial charge in [-0.1, -0.05) is 54.6 Å². The first kappa shape index (κ1) is 28.9. The summed E-state index contributed by atoms with van der Waals surface area (Å²) in [5, 5.41) is 0. The zero-order valence-electron chi connectivity index (χ0n) is 23.8. The SMILES string of the molecule is COc1cccc(CN(Cc2cccc(-n3ccnc3)c2)c2ccnc(OCCOCCOCc3ccccc3)c2)c1. The molecule has 0 aliphatic carbocycles. The standard InChI is InChI=1S/C34H36N4O4/c1-39-33-12-6-10-30(22-33)25-38(24-29-9-5-11-31(21-29)37-16-15-35-27-37)32-13-14-36-34(23-32)42-20-19-40-17-18-41-26-28-7-3-2-4-8-28/h2-16,21-23,27H,17-20,24-26H2,1H3. The van der Waals surface area contributed by atoms with E-state index >= 15 is 0 Å². The Morgan fingerprint density at radius 3 is 2.29 bits per heavy atom. The smallest absolute Gasteiger partial charge is 0.215 e. The molecule has 5 rings (SSSR count). The van der Waals surface area contributed by atoms with Crippen molar-refractivity contribution in [3.8, 4) is 17.3 Å². The second-order valence-corrected chi connectivity index (χ2v) is 9.70. The fraction of sp³-hybridized carbons (Fsp3) is 0.235. The molecule has 8 heteroatoms. The molecule has 0 unspecified atom stereocenters. The maximum Gasteiger partial charge on any atom is 0.215 e. The van der Waals surface area contributed by atoms with Gasteiger partial charge in [0.05, 0.1) is 39.9 Å². The van der Waals surface area contributed by atoms with E-state index in [2.05, 4.69) is 51.3 Å². The van der Waals surface area contributed by atoms with Crippen LogP contribution in [0.15, 0.2) is 116 Å². The van der Waals surface area contributed by atoms with Crippen LogP contribution in [0, 0.1) is 0 Å². The topological polar surface area (TPSA) is 70.9 Å². The Morgan fingerprint density at radius 1 is 0.714 bits per heavy atom. The van der Waals surface area contributed by atoms with Gasteiger partial charge in [-0.2, -0.15) is 0 Å². The van der Waals surface area contributed by atoms with Crippen molar-refractivity contribution in [2.75, 3.05) is 38.4 Å². The maximum absolute atomic E-state index is 5.94. The Labute approximate surface area is 247 Å². The molecular formula is C34H36N4O4. The zero-order chi connectivity index (χ0) is 28.8. The summed E-state index contributed by atoms with van der Waals surface area (Å²) >= 11 is 0. The highest BCUT2D eigenvalue weighted by Gasteiger charge is 2.12. The van der Waals surface area contributed by atoms with Crippen LogP contribution in [0.4, 0.5) is 5.69 Å². The van der Waals surface area contributed by atoms with E-state index in [0.29, 0.717) is 52.0 Å². The van der Waals surface area contributed by atoms with E-state index in [1.54, 1.807) is 25.8 Å². The summed E-state index contributed by atoms with van der Waals surface area (Å²) in [5.41, 5.74) is 5.54. The van der Waals surface area contributed by atoms with Crippen LogP contribution < -0.4 is 14.4 Å². The fourth-order valence-corrected chi connectivity index (χ4v) is 4.54. The van der Waals surface area contributed by atoms with E-state index in [1.165, 1.54) is 5.56 Å². The van der Waals surface area contributed by atoms with Crippen LogP contribution in [-0.4, -0.2) is 48.1 Å². The predicted octanol–water partition coefficient (Wildman–Crippen LogP) is 6.09. The molecule has 3 aromatic carbocycles. The summed E-state index contributed by atoms with van der Waals surface area (Å²) in [6.07, 6.45) is 7.32. The third kappa shape index (κ3) is 8.67. The van der Waals surface area contributed by atoms with Gasteiger partial charge in [-0.3, -0.25) is 0 Å². The fourth-order valence-electron chi connectivity index (χ4n) is 4.54. The van der Waals surface area contributed by atoms with Crippen LogP contribution >= 0.6 is 0 Å². The molecule has 0 atom stereocenters. The van der Waals surface area contributed by atoms with Crippen LogP contribution in [0.5, 0.6) is 11.6 Å². The lowest BCUT2D eigenvalue weighted by Crippen LogP contribution is -2.22. The number of benzene rings is 3. The molecule has 8 nitrogen and oxygen atoms in total. The molecule has 0 spiro atoms. The van der Waals surface area contributed by atoms with Crippen LogP contribution in [-0.2, 0) is 29.2 Å². The number of anilines is 1. The lowest BCUT2D eigenvalue weighted by Gasteiger charge is -2.26. The van der Waals surface area contributed by atoms with E-state index in [4.69, 9.17) is 18.9 Å². The summed E-state index contributed by atoms with van der Waals surface area (Å²) in [5.74, 6) is 1.39. The zero-order valence-corrected chi connectivity index (χ0v) is 23.8. The third-order valence-electron chi connectivity index (χ3n) is 6.64. The number of rotatable bonds is 16. The maximum atomic E-state index is 5.94. The number of imidazole rings is 1. The molecule has 0 saturated carbocycles. The second-order valence-electron chi connectivity index (χ2n) is 9.70. The van der Waals surface area contributed by atoms with Gasteiger partial charge in [-0.15, -0.1) is 0 Å². The number of pyridine rings is 1. The first-order chi connectivity index (χ1) is 20.8. The van der Waals surface area contributed by atoms with Crippen molar-refractivity contribution in [2.45, 2.75) is 19.7 Å². The van der Waals surface area contributed by atoms with Crippen LogP contribution in [0.2, 0.25) is 0 Å². The molecule has 0 N–H and O–H groups in total. The number of hydrogen-bond acceptors (Lipinski definition) is 7. The largest absolute Gasteiger partial charge is 0.497 e. The molecule has 0 amide bonds. The van der Waals surface area contributed by atoms with Gasteiger partial charge in [-0.25, -0.2) is 9.97 Å². The first-order valence-electron chi connectivity index (χ1n) is 14.0. The Bertz CT molecular complexity index is 1490. The highest BCUT2D eigenvalue weighted by atomic mass is 16.5. The van der Waals surface area contributed by atoms with Gasteiger partial charge < -0.3 is 28.4 Å². The Kier molecular flexibility index (Phi) is 10.6. The van der Waals surface area contributed by atoms with Gasteiger partial charge in [-0.05, 0) is 47.0 Å². The third-order valence-corrected chi connectivity index (χ3v) is 6.64. The summed E-state index contributed by atoms with van der Waals surface area (Å²) in [6.45, 7) is 3.85. The summed E-state index contributed by atoms with van der Waals surface area (Å²) in [7, 11) is 1.69. The van der Waals surface area contributed by atoms with Crippen molar-refractivity contribution in [1.82, 2.24) is 14.5 Å². The van der Waals surface area contributed by atoms with Gasteiger partial charge in [0.2, 0.25) is 5.88 Å². The summed E-state index contributed by atoms with van der Waals surface area (Å²) in [4.78, 5) is 10.9. The van der Waals surface area contributed by atoms with E-state index in [0.717, 1.165) is 28.3 Å². The minimum Gasteiger partial charge on any atom is -0.497 e. The van der Waals surface area contributed by atoms with Crippen molar-refractivity contribution in [2.24, 2.45) is 0 Å². The Balaban J connectivity index is 1.19. The van der Waals surface area contributed by atoms with Crippen molar-refractivity contribution in [1.29, 1.82) is 0 Å². The van der Waals surface area contributed by atoms with Crippen molar-refractivity contribution >= 4 is 5.69 Å². The summed E-state index contributed by atoms with van der Waals surface area (Å²) < 4.78 is 24.8. The summed E-state index contributed by atoms with van der Waals surface area (Å²) in [6, 6.07) is 30.7. The van der Waals surface area contributed by atoms with Crippen LogP contribution in [0.3, 0.4) is 0 Å². The molecule has 5 aromatic rings. The van der Waals surface area contributed by atoms with E-state index in [1.807, 2.05) is 65.4 Å². The molecular weight excluding hydrogens is 528 g/mol. The molecule has 0 bridgehead atoms. The molecule has 2 heterocycles. The van der Waals surface area contributed by atoms with Gasteiger partial charge in [0.25, 0.3) is 0 Å². The lowest BCUT2D eigenvalue weighted by atomic mass is 10.1. The highest BCUT2D eigenvalue weighted by Crippen LogP contribution is 2.25. The normalized spacial score (nSPS) is 10.9. The number of methoxy groups -OCH3 is 1. The Hall–Kier alpha value is -4.66. The molecule has 0 saturated heterocycles. The van der Waals surface area contributed by atoms with Crippen molar-refractivity contribution in [3.05, 3.63) is 133 Å². The molecule has 42 heavy (non-hydrogen) atoms. The van der Waals surface area contributed by atoms with Crippen LogP contribution in [0.1, 0.15) is 16.7 Å². The number of aromatic nitrogens is 3. The highest BCUT2D eigenvalue weighted by molar-refractivity contribution is 5.50. The average Bonchev–Trinajstić information content (AvgIpc) is 3.58. The molecule has 2 aromatic heterocycles. The molecule has 0 aliphatic heterocycles. The number of ether oxygens (including phenoxy) is 4. The second kappa shape index (κ2) is 15.4. The Morgan fingerprint density at radius 2 is 1.48 bits per heavy atom. The van der Waals surface area contributed by atoms with Crippen molar-refractivity contribution in [3.63, 3.8) is 0 Å². The number of hydrogen-bond donors (Lipinski definition) is 0. The minimum absolute atomic E-state index is 0.401. The average molecular weight is 565 g/mol. The first-order valence-corrected chi connectivity index (χ1v) is 14.0. The number of nitrogens with zero attached hydrogens (tertiary/aromatic N) is 4. The van der Waals surface area contributed by atoms with E-state index in [9.17, 15) is 0 Å². The lowest BCUT2D eigenvalue weighted by molar-refractivity contribution is 0.0299. The van der Waals surface area contributed by atoms with E-state index < -0.39 is 0 Å². The molecule has 0 radical (unpaired) electrons. The minimum atomic E-state index is 0.401. The van der Waals surface area contributed by atoms with Gasteiger partial charge in [0, 0.05) is 49.1 Å². The molecule has 0 fully saturated rings.